The average Bonchev–Trinajstić information content (AvgIpc) is 3.18. The van der Waals surface area contributed by atoms with Crippen LogP contribution in [0.4, 0.5) is 4.39 Å². The van der Waals surface area contributed by atoms with E-state index in [9.17, 15) is 14.0 Å². The van der Waals surface area contributed by atoms with E-state index >= 15 is 0 Å². The number of rotatable bonds is 5. The Morgan fingerprint density at radius 1 is 1.45 bits per heavy atom. The lowest BCUT2D eigenvalue weighted by Gasteiger charge is -2.15. The van der Waals surface area contributed by atoms with Crippen LogP contribution in [0.2, 0.25) is 0 Å². The van der Waals surface area contributed by atoms with Gasteiger partial charge in [-0.25, -0.2) is 4.39 Å². The van der Waals surface area contributed by atoms with Gasteiger partial charge in [0.2, 0.25) is 5.91 Å². The molecule has 0 spiro atoms. The lowest BCUT2D eigenvalue weighted by atomic mass is 10.1. The molecule has 108 valence electrons. The summed E-state index contributed by atoms with van der Waals surface area (Å²) < 4.78 is 18.4. The molecule has 20 heavy (non-hydrogen) atoms. The molecular weight excluding hydrogens is 265 g/mol. The molecule has 1 fully saturated rings. The monoisotopic (exact) mass is 281 g/mol. The molecule has 2 rings (SSSR count). The van der Waals surface area contributed by atoms with Crippen molar-refractivity contribution >= 4 is 11.9 Å². The van der Waals surface area contributed by atoms with Crippen LogP contribution in [-0.4, -0.2) is 24.1 Å². The van der Waals surface area contributed by atoms with Gasteiger partial charge in [0.05, 0.1) is 25.0 Å². The molecule has 5 nitrogen and oxygen atoms in total. The molecule has 1 aliphatic rings. The first kappa shape index (κ1) is 14.3. The highest BCUT2D eigenvalue weighted by Gasteiger charge is 2.48. The fourth-order valence-electron chi connectivity index (χ4n) is 2.11. The fourth-order valence-corrected chi connectivity index (χ4v) is 2.11. The quantitative estimate of drug-likeness (QED) is 0.862. The third-order valence-corrected chi connectivity index (χ3v) is 3.48. The normalized spacial score (nSPS) is 21.9. The second-order valence-electron chi connectivity index (χ2n) is 4.91. The van der Waals surface area contributed by atoms with Gasteiger partial charge in [0.15, 0.2) is 11.6 Å². The van der Waals surface area contributed by atoms with Crippen molar-refractivity contribution in [2.24, 2.45) is 11.8 Å². The number of nitrogens with one attached hydrogen (secondary N) is 1. The van der Waals surface area contributed by atoms with Gasteiger partial charge in [0, 0.05) is 0 Å². The van der Waals surface area contributed by atoms with Gasteiger partial charge in [-0.2, -0.15) is 0 Å². The summed E-state index contributed by atoms with van der Waals surface area (Å²) in [6.45, 7) is 1.72. The highest BCUT2D eigenvalue weighted by atomic mass is 19.1. The molecule has 6 heteroatoms. The predicted octanol–water partition coefficient (Wildman–Crippen LogP) is 1.73. The minimum atomic E-state index is -0.951. The molecule has 3 atom stereocenters. The van der Waals surface area contributed by atoms with E-state index in [1.54, 1.807) is 13.0 Å². The van der Waals surface area contributed by atoms with Gasteiger partial charge >= 0.3 is 5.97 Å². The summed E-state index contributed by atoms with van der Waals surface area (Å²) in [6.07, 6.45) is 0.366. The van der Waals surface area contributed by atoms with Crippen molar-refractivity contribution < 1.29 is 23.8 Å². The zero-order valence-electron chi connectivity index (χ0n) is 11.2. The highest BCUT2D eigenvalue weighted by Crippen LogP contribution is 2.39. The molecule has 1 unspecified atom stereocenters. The maximum absolute atomic E-state index is 13.6. The van der Waals surface area contributed by atoms with E-state index < -0.39 is 29.7 Å². The van der Waals surface area contributed by atoms with Crippen LogP contribution in [0.1, 0.15) is 24.9 Å². The van der Waals surface area contributed by atoms with Crippen LogP contribution < -0.4 is 10.1 Å². The zero-order valence-corrected chi connectivity index (χ0v) is 11.2. The van der Waals surface area contributed by atoms with E-state index in [1.165, 1.54) is 19.2 Å². The number of carbonyl (C=O) groups is 2. The SMILES string of the molecule is COc1ccc(C(C)NC(=O)[C@@H]2C[C@@H]2C(=O)O)cc1F. The minimum absolute atomic E-state index is 0.139. The number of hydrogen-bond acceptors (Lipinski definition) is 3. The van der Waals surface area contributed by atoms with Gasteiger partial charge < -0.3 is 15.2 Å². The van der Waals surface area contributed by atoms with Crippen LogP contribution >= 0.6 is 0 Å². The Labute approximate surface area is 115 Å². The van der Waals surface area contributed by atoms with Gasteiger partial charge in [-0.05, 0) is 31.0 Å². The highest BCUT2D eigenvalue weighted by molar-refractivity contribution is 5.89. The largest absolute Gasteiger partial charge is 0.494 e. The molecule has 0 bridgehead atoms. The Morgan fingerprint density at radius 2 is 2.15 bits per heavy atom. The topological polar surface area (TPSA) is 75.6 Å². The molecule has 1 aromatic rings. The number of benzene rings is 1. The van der Waals surface area contributed by atoms with E-state index in [4.69, 9.17) is 9.84 Å². The number of carbonyl (C=O) groups excluding carboxylic acids is 1. The summed E-state index contributed by atoms with van der Waals surface area (Å²) in [6, 6.07) is 4.06. The Morgan fingerprint density at radius 3 is 2.65 bits per heavy atom. The third-order valence-electron chi connectivity index (χ3n) is 3.48. The number of methoxy groups -OCH3 is 1. The number of hydrogen-bond donors (Lipinski definition) is 2. The van der Waals surface area contributed by atoms with E-state index in [-0.39, 0.29) is 11.7 Å². The molecule has 1 aliphatic carbocycles. The first-order chi connectivity index (χ1) is 9.43. The van der Waals surface area contributed by atoms with Crippen LogP contribution in [-0.2, 0) is 9.59 Å². The van der Waals surface area contributed by atoms with Crippen molar-refractivity contribution in [1.29, 1.82) is 0 Å². The van der Waals surface area contributed by atoms with E-state index in [1.807, 2.05) is 0 Å². The maximum Gasteiger partial charge on any atom is 0.307 e. The average molecular weight is 281 g/mol. The van der Waals surface area contributed by atoms with Crippen LogP contribution in [0.15, 0.2) is 18.2 Å². The van der Waals surface area contributed by atoms with Crippen LogP contribution in [0.3, 0.4) is 0 Å². The van der Waals surface area contributed by atoms with Crippen molar-refractivity contribution in [3.05, 3.63) is 29.6 Å². The van der Waals surface area contributed by atoms with Gasteiger partial charge in [-0.15, -0.1) is 0 Å². The van der Waals surface area contributed by atoms with Crippen molar-refractivity contribution in [3.8, 4) is 5.75 Å². The van der Waals surface area contributed by atoms with Gasteiger partial charge in [-0.3, -0.25) is 9.59 Å². The zero-order chi connectivity index (χ0) is 14.9. The molecule has 0 aromatic heterocycles. The molecule has 0 heterocycles. The standard InChI is InChI=1S/C14H16FNO4/c1-7(8-3-4-12(20-2)11(15)5-8)16-13(17)9-6-10(9)14(18)19/h3-5,7,9-10H,6H2,1-2H3,(H,16,17)(H,18,19)/t7?,9-,10+/m1/s1. The maximum atomic E-state index is 13.6. The van der Waals surface area contributed by atoms with Gasteiger partial charge in [0.25, 0.3) is 0 Å². The Hall–Kier alpha value is -2.11. The van der Waals surface area contributed by atoms with Crippen LogP contribution in [0, 0.1) is 17.7 Å². The second kappa shape index (κ2) is 5.48. The third kappa shape index (κ3) is 2.89. The van der Waals surface area contributed by atoms with Crippen molar-refractivity contribution in [2.75, 3.05) is 7.11 Å². The lowest BCUT2D eigenvalue weighted by molar-refractivity contribution is -0.140. The van der Waals surface area contributed by atoms with Crippen molar-refractivity contribution in [3.63, 3.8) is 0 Å². The van der Waals surface area contributed by atoms with Gasteiger partial charge in [-0.1, -0.05) is 6.07 Å². The Kier molecular flexibility index (Phi) is 3.92. The summed E-state index contributed by atoms with van der Waals surface area (Å²) >= 11 is 0. The van der Waals surface area contributed by atoms with Crippen molar-refractivity contribution in [2.45, 2.75) is 19.4 Å². The molecule has 0 aliphatic heterocycles. The summed E-state index contributed by atoms with van der Waals surface area (Å²) in [4.78, 5) is 22.5. The molecule has 1 amide bonds. The summed E-state index contributed by atoms with van der Waals surface area (Å²) in [5.74, 6) is -2.68. The number of aliphatic carboxylic acids is 1. The first-order valence-corrected chi connectivity index (χ1v) is 6.30. The number of halogens is 1. The molecule has 2 N–H and O–H groups in total. The summed E-state index contributed by atoms with van der Waals surface area (Å²) in [5, 5.41) is 11.5. The van der Waals surface area contributed by atoms with E-state index in [0.717, 1.165) is 0 Å². The van der Waals surface area contributed by atoms with E-state index in [2.05, 4.69) is 5.32 Å². The number of amides is 1. The number of ether oxygens (including phenoxy) is 1. The Balaban J connectivity index is 1.98. The minimum Gasteiger partial charge on any atom is -0.494 e. The van der Waals surface area contributed by atoms with E-state index in [0.29, 0.717) is 12.0 Å². The summed E-state index contributed by atoms with van der Waals surface area (Å²) in [5.41, 5.74) is 0.601. The lowest BCUT2D eigenvalue weighted by Crippen LogP contribution is -2.29. The van der Waals surface area contributed by atoms with Crippen molar-refractivity contribution in [1.82, 2.24) is 5.32 Å². The smallest absolute Gasteiger partial charge is 0.307 e. The Bertz CT molecular complexity index is 546. The molecule has 0 radical (unpaired) electrons. The van der Waals surface area contributed by atoms with Gasteiger partial charge in [0.1, 0.15) is 0 Å². The predicted molar refractivity (Wildman–Crippen MR) is 68.7 cm³/mol. The molecule has 1 aromatic carbocycles. The summed E-state index contributed by atoms with van der Waals surface area (Å²) in [7, 11) is 1.38. The number of carboxylic acid groups (broad SMARTS) is 1. The molecule has 0 saturated heterocycles. The van der Waals surface area contributed by atoms with Crippen LogP contribution in [0.5, 0.6) is 5.75 Å². The van der Waals surface area contributed by atoms with Crippen LogP contribution in [0.25, 0.3) is 0 Å². The first-order valence-electron chi connectivity index (χ1n) is 6.30. The second-order valence-corrected chi connectivity index (χ2v) is 4.91. The molecule has 1 saturated carbocycles. The number of carboxylic acids is 1. The fraction of sp³-hybridized carbons (Fsp3) is 0.429. The molecular formula is C14H16FNO4.